The molecule has 1 N–H and O–H groups in total. The van der Waals surface area contributed by atoms with Gasteiger partial charge >= 0.3 is 0 Å². The first kappa shape index (κ1) is 22.0. The number of nitrogens with one attached hydrogen (secondary N) is 1. The molecule has 3 aromatic carbocycles. The Balaban J connectivity index is 1.70. The highest BCUT2D eigenvalue weighted by Gasteiger charge is 2.28. The Morgan fingerprint density at radius 1 is 1.09 bits per heavy atom. The lowest BCUT2D eigenvalue weighted by atomic mass is 9.99. The topological polar surface area (TPSA) is 61.8 Å². The van der Waals surface area contributed by atoms with Gasteiger partial charge in [-0.1, -0.05) is 41.4 Å². The van der Waals surface area contributed by atoms with Crippen molar-refractivity contribution in [2.75, 3.05) is 23.3 Å². The molecule has 162 valence electrons. The second-order valence-corrected chi connectivity index (χ2v) is 8.09. The fraction of sp³-hybridized carbons (Fsp3) is 0.125. The van der Waals surface area contributed by atoms with E-state index in [9.17, 15) is 14.0 Å². The predicted octanol–water partition coefficient (Wildman–Crippen LogP) is 5.26. The lowest BCUT2D eigenvalue weighted by Crippen LogP contribution is -2.39. The summed E-state index contributed by atoms with van der Waals surface area (Å²) >= 11 is 12.3. The van der Waals surface area contributed by atoms with E-state index in [0.717, 1.165) is 5.56 Å². The van der Waals surface area contributed by atoms with Gasteiger partial charge in [0.05, 0.1) is 11.4 Å². The molecule has 32 heavy (non-hydrogen) atoms. The van der Waals surface area contributed by atoms with Gasteiger partial charge in [0.1, 0.15) is 18.9 Å². The zero-order valence-electron chi connectivity index (χ0n) is 17.0. The molecule has 2 amide bonds. The van der Waals surface area contributed by atoms with Gasteiger partial charge in [0, 0.05) is 26.9 Å². The van der Waals surface area contributed by atoms with Gasteiger partial charge in [0.2, 0.25) is 11.8 Å². The van der Waals surface area contributed by atoms with Crippen LogP contribution in [0.15, 0.2) is 65.7 Å². The Morgan fingerprint density at radius 3 is 2.66 bits per heavy atom. The van der Waals surface area contributed by atoms with Crippen LogP contribution in [0.4, 0.5) is 15.8 Å². The van der Waals surface area contributed by atoms with Gasteiger partial charge in [0.25, 0.3) is 0 Å². The number of nitrogens with zero attached hydrogens (tertiary/aromatic N) is 2. The summed E-state index contributed by atoms with van der Waals surface area (Å²) in [6.07, 6.45) is 0. The minimum absolute atomic E-state index is 0.237. The van der Waals surface area contributed by atoms with E-state index in [1.54, 1.807) is 61.5 Å². The molecule has 3 aromatic rings. The number of aliphatic imine (C=N–C) groups is 1. The lowest BCUT2D eigenvalue weighted by Gasteiger charge is -2.23. The summed E-state index contributed by atoms with van der Waals surface area (Å²) in [5, 5.41) is 3.72. The molecule has 0 saturated carbocycles. The first-order valence-corrected chi connectivity index (χ1v) is 10.6. The number of benzene rings is 3. The molecule has 0 fully saturated rings. The summed E-state index contributed by atoms with van der Waals surface area (Å²) in [6, 6.07) is 16.2. The highest BCUT2D eigenvalue weighted by Crippen LogP contribution is 2.30. The number of amides is 2. The second-order valence-electron chi connectivity index (χ2n) is 7.25. The van der Waals surface area contributed by atoms with Crippen LogP contribution >= 0.6 is 23.2 Å². The van der Waals surface area contributed by atoms with Crippen LogP contribution in [0, 0.1) is 12.7 Å². The standard InChI is InChI=1S/C24H18Cl2FN3O2/c1-14-18(26)6-4-8-20(14)29-22(31)13-30-21-10-9-15(25)11-17(21)24(28-12-23(30)32)16-5-2-3-7-19(16)27/h2-11H,12-13H2,1H3,(H,29,31). The van der Waals surface area contributed by atoms with E-state index in [4.69, 9.17) is 23.2 Å². The third-order valence-electron chi connectivity index (χ3n) is 5.15. The smallest absolute Gasteiger partial charge is 0.249 e. The van der Waals surface area contributed by atoms with Crippen molar-refractivity contribution in [3.8, 4) is 0 Å². The number of fused-ring (bicyclic) bond motifs is 1. The van der Waals surface area contributed by atoms with Crippen LogP contribution in [-0.2, 0) is 9.59 Å². The summed E-state index contributed by atoms with van der Waals surface area (Å²) in [4.78, 5) is 31.4. The molecule has 4 rings (SSSR count). The summed E-state index contributed by atoms with van der Waals surface area (Å²) in [6.45, 7) is 1.31. The molecule has 5 nitrogen and oxygen atoms in total. The zero-order chi connectivity index (χ0) is 22.8. The number of hydrogen-bond donors (Lipinski definition) is 1. The van der Waals surface area contributed by atoms with Crippen molar-refractivity contribution >= 4 is 52.1 Å². The molecule has 1 aliphatic rings. The van der Waals surface area contributed by atoms with Crippen molar-refractivity contribution in [2.45, 2.75) is 6.92 Å². The van der Waals surface area contributed by atoms with Gasteiger partial charge in [-0.25, -0.2) is 4.39 Å². The van der Waals surface area contributed by atoms with Crippen molar-refractivity contribution in [3.63, 3.8) is 0 Å². The normalized spacial score (nSPS) is 13.3. The van der Waals surface area contributed by atoms with E-state index < -0.39 is 17.6 Å². The molecule has 0 saturated heterocycles. The third kappa shape index (κ3) is 4.38. The maximum absolute atomic E-state index is 14.5. The van der Waals surface area contributed by atoms with Crippen LogP contribution < -0.4 is 10.2 Å². The summed E-state index contributed by atoms with van der Waals surface area (Å²) < 4.78 is 14.5. The van der Waals surface area contributed by atoms with E-state index >= 15 is 0 Å². The highest BCUT2D eigenvalue weighted by atomic mass is 35.5. The number of carbonyl (C=O) groups is 2. The van der Waals surface area contributed by atoms with E-state index in [1.807, 2.05) is 0 Å². The number of rotatable bonds is 4. The molecule has 0 unspecified atom stereocenters. The van der Waals surface area contributed by atoms with Gasteiger partial charge in [-0.3, -0.25) is 14.6 Å². The van der Waals surface area contributed by atoms with Gasteiger partial charge in [-0.05, 0) is 55.0 Å². The van der Waals surface area contributed by atoms with Crippen molar-refractivity contribution in [2.24, 2.45) is 4.99 Å². The zero-order valence-corrected chi connectivity index (χ0v) is 18.5. The number of carbonyl (C=O) groups excluding carboxylic acids is 2. The van der Waals surface area contributed by atoms with Crippen LogP contribution in [0.1, 0.15) is 16.7 Å². The van der Waals surface area contributed by atoms with Gasteiger partial charge in [0.15, 0.2) is 0 Å². The average Bonchev–Trinajstić information content (AvgIpc) is 2.89. The summed E-state index contributed by atoms with van der Waals surface area (Å²) in [7, 11) is 0. The minimum atomic E-state index is -0.466. The van der Waals surface area contributed by atoms with Crippen LogP contribution in [0.25, 0.3) is 0 Å². The molecular formula is C24H18Cl2FN3O2. The Labute approximate surface area is 194 Å². The summed E-state index contributed by atoms with van der Waals surface area (Å²) in [5.41, 5.74) is 2.75. The Bertz CT molecular complexity index is 1260. The number of halogens is 3. The average molecular weight is 470 g/mol. The maximum Gasteiger partial charge on any atom is 0.249 e. The molecule has 1 heterocycles. The molecule has 8 heteroatoms. The maximum atomic E-state index is 14.5. The van der Waals surface area contributed by atoms with Crippen molar-refractivity contribution in [3.05, 3.63) is 93.2 Å². The first-order chi connectivity index (χ1) is 15.3. The number of benzodiazepines with no additional fused rings is 1. The van der Waals surface area contributed by atoms with Crippen molar-refractivity contribution < 1.29 is 14.0 Å². The van der Waals surface area contributed by atoms with E-state index in [1.165, 1.54) is 11.0 Å². The molecule has 0 aromatic heterocycles. The fourth-order valence-corrected chi connectivity index (χ4v) is 3.86. The SMILES string of the molecule is Cc1c(Cl)cccc1NC(=O)CN1C(=O)CN=C(c2ccccc2F)c2cc(Cl)ccc21. The molecule has 1 aliphatic heterocycles. The van der Waals surface area contributed by atoms with Gasteiger partial charge in [-0.2, -0.15) is 0 Å². The number of hydrogen-bond acceptors (Lipinski definition) is 3. The molecule has 0 radical (unpaired) electrons. The van der Waals surface area contributed by atoms with Crippen molar-refractivity contribution in [1.29, 1.82) is 0 Å². The predicted molar refractivity (Wildman–Crippen MR) is 126 cm³/mol. The van der Waals surface area contributed by atoms with Crippen LogP contribution in [-0.4, -0.2) is 30.6 Å². The lowest BCUT2D eigenvalue weighted by molar-refractivity contribution is -0.120. The Hall–Kier alpha value is -3.22. The van der Waals surface area contributed by atoms with Crippen LogP contribution in [0.5, 0.6) is 0 Å². The largest absolute Gasteiger partial charge is 0.324 e. The first-order valence-electron chi connectivity index (χ1n) is 9.79. The monoisotopic (exact) mass is 469 g/mol. The number of anilines is 2. The van der Waals surface area contributed by atoms with E-state index in [0.29, 0.717) is 32.7 Å². The van der Waals surface area contributed by atoms with Crippen molar-refractivity contribution in [1.82, 2.24) is 0 Å². The third-order valence-corrected chi connectivity index (χ3v) is 5.80. The second kappa shape index (κ2) is 9.10. The molecule has 0 spiro atoms. The fourth-order valence-electron chi connectivity index (χ4n) is 3.52. The van der Waals surface area contributed by atoms with Crippen LogP contribution in [0.2, 0.25) is 10.0 Å². The molecule has 0 bridgehead atoms. The molecule has 0 atom stereocenters. The van der Waals surface area contributed by atoms with Gasteiger partial charge < -0.3 is 10.2 Å². The van der Waals surface area contributed by atoms with Crippen LogP contribution in [0.3, 0.4) is 0 Å². The molecule has 0 aliphatic carbocycles. The Morgan fingerprint density at radius 2 is 1.88 bits per heavy atom. The van der Waals surface area contributed by atoms with E-state index in [-0.39, 0.29) is 18.7 Å². The molecular weight excluding hydrogens is 452 g/mol. The quantitative estimate of drug-likeness (QED) is 0.565. The van der Waals surface area contributed by atoms with E-state index in [2.05, 4.69) is 10.3 Å². The highest BCUT2D eigenvalue weighted by molar-refractivity contribution is 6.32. The van der Waals surface area contributed by atoms with Gasteiger partial charge in [-0.15, -0.1) is 0 Å². The minimum Gasteiger partial charge on any atom is -0.324 e. The Kier molecular flexibility index (Phi) is 6.26. The summed E-state index contributed by atoms with van der Waals surface area (Å²) in [5.74, 6) is -1.26.